The molecule has 0 bridgehead atoms. The molecule has 0 radical (unpaired) electrons. The summed E-state index contributed by atoms with van der Waals surface area (Å²) in [4.78, 5) is 23.6. The lowest BCUT2D eigenvalue weighted by molar-refractivity contribution is -0.118. The van der Waals surface area contributed by atoms with Crippen LogP contribution < -0.4 is 5.32 Å². The average molecular weight is 429 g/mol. The molecule has 0 saturated carbocycles. The van der Waals surface area contributed by atoms with Gasteiger partial charge in [-0.2, -0.15) is 0 Å². The van der Waals surface area contributed by atoms with E-state index in [1.807, 2.05) is 47.9 Å². The Balaban J connectivity index is 1.85. The number of rotatable bonds is 8. The standard InChI is InChI=1S/C21H21ClN4O2S/c1-14-8-9-17(12-18(14)22)26-20(10-11-23-15(2)27)24-25-21(26)29-13-19(28)16-6-4-3-5-7-16/h3-9,12H,10-11,13H2,1-2H3,(H,23,27). The average Bonchev–Trinajstić information content (AvgIpc) is 3.11. The van der Waals surface area contributed by atoms with Crippen LogP contribution in [0.3, 0.4) is 0 Å². The van der Waals surface area contributed by atoms with Gasteiger partial charge in [0, 0.05) is 30.5 Å². The van der Waals surface area contributed by atoms with E-state index < -0.39 is 0 Å². The molecule has 8 heteroatoms. The van der Waals surface area contributed by atoms with Crippen molar-refractivity contribution in [2.24, 2.45) is 0 Å². The van der Waals surface area contributed by atoms with Crippen molar-refractivity contribution in [2.45, 2.75) is 25.4 Å². The van der Waals surface area contributed by atoms with Crippen LogP contribution in [0.5, 0.6) is 0 Å². The van der Waals surface area contributed by atoms with E-state index in [4.69, 9.17) is 11.6 Å². The van der Waals surface area contributed by atoms with Crippen LogP contribution in [-0.2, 0) is 11.2 Å². The summed E-state index contributed by atoms with van der Waals surface area (Å²) >= 11 is 7.64. The molecule has 2 aromatic carbocycles. The highest BCUT2D eigenvalue weighted by Crippen LogP contribution is 2.26. The van der Waals surface area contributed by atoms with Gasteiger partial charge in [-0.15, -0.1) is 10.2 Å². The highest BCUT2D eigenvalue weighted by molar-refractivity contribution is 7.99. The number of nitrogens with one attached hydrogen (secondary N) is 1. The molecule has 0 saturated heterocycles. The van der Waals surface area contributed by atoms with Gasteiger partial charge in [0.1, 0.15) is 5.82 Å². The molecule has 0 spiro atoms. The van der Waals surface area contributed by atoms with Gasteiger partial charge in [0.25, 0.3) is 0 Å². The molecule has 1 heterocycles. The first-order chi connectivity index (χ1) is 14.0. The number of hydrogen-bond acceptors (Lipinski definition) is 5. The number of carbonyl (C=O) groups is 2. The van der Waals surface area contributed by atoms with E-state index >= 15 is 0 Å². The van der Waals surface area contributed by atoms with Crippen molar-refractivity contribution in [3.8, 4) is 5.69 Å². The second kappa shape index (κ2) is 9.71. The van der Waals surface area contributed by atoms with Crippen LogP contribution >= 0.6 is 23.4 Å². The second-order valence-corrected chi connectivity index (χ2v) is 7.83. The van der Waals surface area contributed by atoms with Gasteiger partial charge in [-0.3, -0.25) is 14.2 Å². The van der Waals surface area contributed by atoms with E-state index in [1.54, 1.807) is 12.1 Å². The van der Waals surface area contributed by atoms with E-state index in [0.29, 0.717) is 34.5 Å². The summed E-state index contributed by atoms with van der Waals surface area (Å²) in [5, 5.41) is 12.6. The minimum Gasteiger partial charge on any atom is -0.356 e. The molecular formula is C21H21ClN4O2S. The molecule has 3 rings (SSSR count). The van der Waals surface area contributed by atoms with Crippen molar-refractivity contribution < 1.29 is 9.59 Å². The van der Waals surface area contributed by atoms with Gasteiger partial charge in [-0.25, -0.2) is 0 Å². The lowest BCUT2D eigenvalue weighted by Gasteiger charge is -2.11. The summed E-state index contributed by atoms with van der Waals surface area (Å²) in [5.74, 6) is 0.852. The molecular weight excluding hydrogens is 408 g/mol. The number of ketones is 1. The zero-order valence-electron chi connectivity index (χ0n) is 16.2. The number of thioether (sulfide) groups is 1. The van der Waals surface area contributed by atoms with Gasteiger partial charge in [-0.1, -0.05) is 59.8 Å². The lowest BCUT2D eigenvalue weighted by Crippen LogP contribution is -2.23. The van der Waals surface area contributed by atoms with Crippen LogP contribution in [0.25, 0.3) is 5.69 Å². The number of halogens is 1. The third kappa shape index (κ3) is 5.46. The Labute approximate surface area is 178 Å². The van der Waals surface area contributed by atoms with Crippen LogP contribution in [0, 0.1) is 6.92 Å². The van der Waals surface area contributed by atoms with Gasteiger partial charge >= 0.3 is 0 Å². The van der Waals surface area contributed by atoms with E-state index in [0.717, 1.165) is 11.3 Å². The first-order valence-corrected chi connectivity index (χ1v) is 10.5. The van der Waals surface area contributed by atoms with E-state index in [2.05, 4.69) is 15.5 Å². The smallest absolute Gasteiger partial charge is 0.216 e. The molecule has 0 atom stereocenters. The van der Waals surface area contributed by atoms with E-state index in [-0.39, 0.29) is 17.4 Å². The Hall–Kier alpha value is -2.64. The Morgan fingerprint density at radius 2 is 1.90 bits per heavy atom. The molecule has 0 aliphatic heterocycles. The number of Topliss-reactive ketones (excluding diaryl/α,β-unsaturated/α-hetero) is 1. The number of hydrogen-bond donors (Lipinski definition) is 1. The van der Waals surface area contributed by atoms with Crippen LogP contribution in [0.1, 0.15) is 28.7 Å². The third-order valence-corrected chi connectivity index (χ3v) is 5.60. The Morgan fingerprint density at radius 3 is 2.59 bits per heavy atom. The van der Waals surface area contributed by atoms with Gasteiger partial charge < -0.3 is 5.32 Å². The monoisotopic (exact) mass is 428 g/mol. The largest absolute Gasteiger partial charge is 0.356 e. The summed E-state index contributed by atoms with van der Waals surface area (Å²) in [7, 11) is 0. The normalized spacial score (nSPS) is 10.7. The molecule has 0 aliphatic rings. The molecule has 3 aromatic rings. The Kier molecular flexibility index (Phi) is 7.06. The maximum Gasteiger partial charge on any atom is 0.216 e. The number of nitrogens with zero attached hydrogens (tertiary/aromatic N) is 3. The van der Waals surface area contributed by atoms with Crippen molar-refractivity contribution in [2.75, 3.05) is 12.3 Å². The fourth-order valence-electron chi connectivity index (χ4n) is 2.72. The lowest BCUT2D eigenvalue weighted by atomic mass is 10.2. The van der Waals surface area contributed by atoms with Crippen LogP contribution in [0.15, 0.2) is 53.7 Å². The fraction of sp³-hybridized carbons (Fsp3) is 0.238. The van der Waals surface area contributed by atoms with Crippen LogP contribution in [-0.4, -0.2) is 38.8 Å². The van der Waals surface area contributed by atoms with Gasteiger partial charge in [-0.05, 0) is 24.6 Å². The molecule has 0 unspecified atom stereocenters. The highest BCUT2D eigenvalue weighted by atomic mass is 35.5. The quantitative estimate of drug-likeness (QED) is 0.435. The first kappa shape index (κ1) is 21.1. The molecule has 1 N–H and O–H groups in total. The van der Waals surface area contributed by atoms with Gasteiger partial charge in [0.2, 0.25) is 5.91 Å². The molecule has 1 amide bonds. The number of aryl methyl sites for hydroxylation is 1. The number of benzene rings is 2. The predicted molar refractivity (Wildman–Crippen MR) is 115 cm³/mol. The Morgan fingerprint density at radius 1 is 1.14 bits per heavy atom. The fourth-order valence-corrected chi connectivity index (χ4v) is 3.76. The molecule has 0 fully saturated rings. The minimum absolute atomic E-state index is 0.0203. The number of aromatic nitrogens is 3. The molecule has 150 valence electrons. The highest BCUT2D eigenvalue weighted by Gasteiger charge is 2.17. The van der Waals surface area contributed by atoms with Crippen molar-refractivity contribution in [3.05, 3.63) is 70.5 Å². The molecule has 29 heavy (non-hydrogen) atoms. The number of amides is 1. The Bertz CT molecular complexity index is 1020. The topological polar surface area (TPSA) is 76.9 Å². The second-order valence-electron chi connectivity index (χ2n) is 6.48. The van der Waals surface area contributed by atoms with Crippen LogP contribution in [0.2, 0.25) is 5.02 Å². The van der Waals surface area contributed by atoms with Crippen molar-refractivity contribution >= 4 is 35.1 Å². The van der Waals surface area contributed by atoms with Crippen molar-refractivity contribution in [1.82, 2.24) is 20.1 Å². The van der Waals surface area contributed by atoms with E-state index in [1.165, 1.54) is 18.7 Å². The minimum atomic E-state index is -0.0995. The number of carbonyl (C=O) groups excluding carboxylic acids is 2. The summed E-state index contributed by atoms with van der Waals surface area (Å²) in [6, 6.07) is 14.9. The zero-order chi connectivity index (χ0) is 20.8. The van der Waals surface area contributed by atoms with Crippen LogP contribution in [0.4, 0.5) is 0 Å². The van der Waals surface area contributed by atoms with Gasteiger partial charge in [0.15, 0.2) is 10.9 Å². The summed E-state index contributed by atoms with van der Waals surface area (Å²) in [5.41, 5.74) is 2.45. The summed E-state index contributed by atoms with van der Waals surface area (Å²) in [6.07, 6.45) is 0.505. The maximum atomic E-state index is 12.5. The molecule has 0 aliphatic carbocycles. The SMILES string of the molecule is CC(=O)NCCc1nnc(SCC(=O)c2ccccc2)n1-c1ccc(C)c(Cl)c1. The zero-order valence-corrected chi connectivity index (χ0v) is 17.8. The predicted octanol–water partition coefficient (Wildman–Crippen LogP) is 3.88. The van der Waals surface area contributed by atoms with Gasteiger partial charge in [0.05, 0.1) is 11.4 Å². The summed E-state index contributed by atoms with van der Waals surface area (Å²) in [6.45, 7) is 3.85. The first-order valence-electron chi connectivity index (χ1n) is 9.12. The molecule has 6 nitrogen and oxygen atoms in total. The third-order valence-electron chi connectivity index (χ3n) is 4.26. The molecule has 1 aromatic heterocycles. The van der Waals surface area contributed by atoms with Crippen molar-refractivity contribution in [1.29, 1.82) is 0 Å². The van der Waals surface area contributed by atoms with E-state index in [9.17, 15) is 9.59 Å². The van der Waals surface area contributed by atoms with Crippen molar-refractivity contribution in [3.63, 3.8) is 0 Å². The summed E-state index contributed by atoms with van der Waals surface area (Å²) < 4.78 is 1.88. The maximum absolute atomic E-state index is 12.5.